The van der Waals surface area contributed by atoms with E-state index in [1.54, 1.807) is 29.2 Å². The second-order valence-electron chi connectivity index (χ2n) is 8.24. The normalized spacial score (nSPS) is 18.9. The maximum atomic E-state index is 12.7. The van der Waals surface area contributed by atoms with Crippen LogP contribution in [0.4, 0.5) is 10.6 Å². The average Bonchev–Trinajstić information content (AvgIpc) is 3.19. The molecule has 0 saturated heterocycles. The molecule has 0 spiro atoms. The van der Waals surface area contributed by atoms with E-state index in [0.29, 0.717) is 24.2 Å². The Morgan fingerprint density at radius 2 is 1.68 bits per heavy atom. The number of benzene rings is 1. The first-order valence-corrected chi connectivity index (χ1v) is 9.35. The van der Waals surface area contributed by atoms with Gasteiger partial charge in [-0.3, -0.25) is 19.4 Å². The van der Waals surface area contributed by atoms with Gasteiger partial charge in [0.05, 0.1) is 11.1 Å². The summed E-state index contributed by atoms with van der Waals surface area (Å²) >= 11 is 0. The number of hydrogen-bond acceptors (Lipinski definition) is 4. The zero-order valence-corrected chi connectivity index (χ0v) is 16.2. The first-order chi connectivity index (χ1) is 13.2. The van der Waals surface area contributed by atoms with Crippen molar-refractivity contribution in [3.8, 4) is 0 Å². The van der Waals surface area contributed by atoms with Crippen LogP contribution in [0.25, 0.3) is 0 Å². The van der Waals surface area contributed by atoms with Crippen LogP contribution in [0.3, 0.4) is 0 Å². The molecule has 0 radical (unpaired) electrons. The molecule has 7 nitrogen and oxygen atoms in total. The van der Waals surface area contributed by atoms with Crippen molar-refractivity contribution in [2.45, 2.75) is 32.9 Å². The predicted molar refractivity (Wildman–Crippen MR) is 103 cm³/mol. The van der Waals surface area contributed by atoms with Crippen LogP contribution < -0.4 is 4.90 Å². The number of ether oxygens (including phenoxy) is 1. The molecule has 146 valence electrons. The van der Waals surface area contributed by atoms with Crippen LogP contribution in [0.5, 0.6) is 0 Å². The molecular formula is C21H23N3O4. The Hall–Kier alpha value is -3.09. The van der Waals surface area contributed by atoms with Crippen molar-refractivity contribution < 1.29 is 19.1 Å². The van der Waals surface area contributed by atoms with Gasteiger partial charge in [-0.05, 0) is 45.0 Å². The van der Waals surface area contributed by atoms with Gasteiger partial charge in [-0.15, -0.1) is 0 Å². The summed E-state index contributed by atoms with van der Waals surface area (Å²) in [6.07, 6.45) is 1.46. The molecule has 1 unspecified atom stereocenters. The largest absolute Gasteiger partial charge is 0.443 e. The third-order valence-electron chi connectivity index (χ3n) is 4.91. The van der Waals surface area contributed by atoms with Crippen LogP contribution in [0.15, 0.2) is 42.6 Å². The standard InChI is InChI=1S/C21H23N3O4/c1-21(2,3)28-20(27)23-12-14(11-22-10-6-9-17(22)23)13-24-18(25)15-7-4-5-8-16(15)19(24)26/h4-10,14H,11-13H2,1-3H3. The van der Waals surface area contributed by atoms with E-state index >= 15 is 0 Å². The molecule has 1 aromatic carbocycles. The molecule has 0 fully saturated rings. The van der Waals surface area contributed by atoms with E-state index in [4.69, 9.17) is 4.74 Å². The molecule has 2 aliphatic heterocycles. The minimum atomic E-state index is -0.607. The first-order valence-electron chi connectivity index (χ1n) is 9.35. The van der Waals surface area contributed by atoms with Crippen LogP contribution in [0.1, 0.15) is 41.5 Å². The lowest BCUT2D eigenvalue weighted by Crippen LogP contribution is -2.48. The number of amides is 3. The van der Waals surface area contributed by atoms with Crippen molar-refractivity contribution in [3.63, 3.8) is 0 Å². The molecule has 2 aromatic rings. The van der Waals surface area contributed by atoms with E-state index in [0.717, 1.165) is 5.82 Å². The Morgan fingerprint density at radius 1 is 1.04 bits per heavy atom. The van der Waals surface area contributed by atoms with Gasteiger partial charge in [-0.1, -0.05) is 12.1 Å². The van der Waals surface area contributed by atoms with E-state index in [9.17, 15) is 14.4 Å². The molecule has 0 N–H and O–H groups in total. The Morgan fingerprint density at radius 3 is 2.29 bits per heavy atom. The summed E-state index contributed by atoms with van der Waals surface area (Å²) in [4.78, 5) is 40.9. The predicted octanol–water partition coefficient (Wildman–Crippen LogP) is 3.16. The van der Waals surface area contributed by atoms with E-state index in [1.165, 1.54) is 4.90 Å². The minimum absolute atomic E-state index is 0.0883. The van der Waals surface area contributed by atoms with E-state index in [-0.39, 0.29) is 24.3 Å². The van der Waals surface area contributed by atoms with Gasteiger partial charge in [0.2, 0.25) is 0 Å². The zero-order valence-electron chi connectivity index (χ0n) is 16.2. The summed E-state index contributed by atoms with van der Waals surface area (Å²) in [5.41, 5.74) is 0.271. The summed E-state index contributed by atoms with van der Waals surface area (Å²) in [5.74, 6) is 0.118. The summed E-state index contributed by atoms with van der Waals surface area (Å²) in [6.45, 7) is 6.73. The molecule has 1 atom stereocenters. The van der Waals surface area contributed by atoms with Gasteiger partial charge < -0.3 is 9.30 Å². The molecule has 28 heavy (non-hydrogen) atoms. The van der Waals surface area contributed by atoms with Gasteiger partial charge in [-0.2, -0.15) is 0 Å². The van der Waals surface area contributed by atoms with Crippen LogP contribution >= 0.6 is 0 Å². The van der Waals surface area contributed by atoms with Crippen molar-refractivity contribution in [2.75, 3.05) is 18.0 Å². The van der Waals surface area contributed by atoms with E-state index in [1.807, 2.05) is 43.7 Å². The molecule has 0 aliphatic carbocycles. The van der Waals surface area contributed by atoms with Crippen LogP contribution in [0.2, 0.25) is 0 Å². The molecule has 1 aromatic heterocycles. The second-order valence-corrected chi connectivity index (χ2v) is 8.24. The fourth-order valence-corrected chi connectivity index (χ4v) is 3.76. The minimum Gasteiger partial charge on any atom is -0.443 e. The van der Waals surface area contributed by atoms with Crippen molar-refractivity contribution in [2.24, 2.45) is 5.92 Å². The highest BCUT2D eigenvalue weighted by molar-refractivity contribution is 6.21. The lowest BCUT2D eigenvalue weighted by molar-refractivity contribution is 0.0554. The van der Waals surface area contributed by atoms with Gasteiger partial charge in [0.25, 0.3) is 11.8 Å². The average molecular weight is 381 g/mol. The quantitative estimate of drug-likeness (QED) is 0.749. The maximum Gasteiger partial charge on any atom is 0.415 e. The van der Waals surface area contributed by atoms with E-state index < -0.39 is 11.7 Å². The van der Waals surface area contributed by atoms with Crippen LogP contribution in [0, 0.1) is 5.92 Å². The number of aromatic nitrogens is 1. The topological polar surface area (TPSA) is 71.8 Å². The Bertz CT molecular complexity index is 922. The maximum absolute atomic E-state index is 12.7. The molecule has 0 saturated carbocycles. The number of fused-ring (bicyclic) bond motifs is 2. The SMILES string of the molecule is CC(C)(C)OC(=O)N1CC(CN2C(=O)c3ccccc3C2=O)Cn2cccc21. The highest BCUT2D eigenvalue weighted by atomic mass is 16.6. The lowest BCUT2D eigenvalue weighted by atomic mass is 10.1. The van der Waals surface area contributed by atoms with Crippen LogP contribution in [-0.4, -0.2) is 46.1 Å². The van der Waals surface area contributed by atoms with Gasteiger partial charge >= 0.3 is 6.09 Å². The fraction of sp³-hybridized carbons (Fsp3) is 0.381. The number of rotatable bonds is 2. The van der Waals surface area contributed by atoms with Gasteiger partial charge in [0.1, 0.15) is 11.4 Å². The third kappa shape index (κ3) is 3.17. The summed E-state index contributed by atoms with van der Waals surface area (Å²) in [6, 6.07) is 10.6. The summed E-state index contributed by atoms with van der Waals surface area (Å²) in [7, 11) is 0. The number of anilines is 1. The van der Waals surface area contributed by atoms with Crippen molar-refractivity contribution in [3.05, 3.63) is 53.7 Å². The number of hydrogen-bond donors (Lipinski definition) is 0. The molecule has 3 amide bonds. The molecule has 4 rings (SSSR count). The fourth-order valence-electron chi connectivity index (χ4n) is 3.76. The number of carbonyl (C=O) groups excluding carboxylic acids is 3. The monoisotopic (exact) mass is 381 g/mol. The molecular weight excluding hydrogens is 358 g/mol. The number of imide groups is 1. The highest BCUT2D eigenvalue weighted by Crippen LogP contribution is 2.29. The lowest BCUT2D eigenvalue weighted by Gasteiger charge is -2.36. The smallest absolute Gasteiger partial charge is 0.415 e. The van der Waals surface area contributed by atoms with E-state index in [2.05, 4.69) is 0 Å². The molecule has 2 aliphatic rings. The molecule has 3 heterocycles. The summed E-state index contributed by atoms with van der Waals surface area (Å²) in [5, 5.41) is 0. The first kappa shape index (κ1) is 18.3. The summed E-state index contributed by atoms with van der Waals surface area (Å²) < 4.78 is 7.50. The van der Waals surface area contributed by atoms with Gasteiger partial charge in [0.15, 0.2) is 0 Å². The van der Waals surface area contributed by atoms with Crippen LogP contribution in [-0.2, 0) is 11.3 Å². The van der Waals surface area contributed by atoms with Gasteiger partial charge in [0, 0.05) is 31.7 Å². The third-order valence-corrected chi connectivity index (χ3v) is 4.91. The van der Waals surface area contributed by atoms with Crippen molar-refractivity contribution >= 4 is 23.7 Å². The Labute approximate surface area is 163 Å². The van der Waals surface area contributed by atoms with Gasteiger partial charge in [-0.25, -0.2) is 4.79 Å². The number of nitrogens with zero attached hydrogens (tertiary/aromatic N) is 3. The van der Waals surface area contributed by atoms with Crippen molar-refractivity contribution in [1.29, 1.82) is 0 Å². The molecule has 7 heteroatoms. The highest BCUT2D eigenvalue weighted by Gasteiger charge is 2.39. The van der Waals surface area contributed by atoms with Crippen molar-refractivity contribution in [1.82, 2.24) is 9.47 Å². The Balaban J connectivity index is 1.55. The molecule has 0 bridgehead atoms. The zero-order chi connectivity index (χ0) is 20.1. The number of carbonyl (C=O) groups is 3. The second kappa shape index (κ2) is 6.51. The Kier molecular flexibility index (Phi) is 4.25.